The minimum atomic E-state index is -0.216. The number of fused-ring (bicyclic) bond motifs is 1. The third-order valence-corrected chi connectivity index (χ3v) is 5.82. The highest BCUT2D eigenvalue weighted by molar-refractivity contribution is 7.08. The van der Waals surface area contributed by atoms with Crippen LogP contribution in [0.1, 0.15) is 5.56 Å². The summed E-state index contributed by atoms with van der Waals surface area (Å²) in [5, 5.41) is 16.4. The first kappa shape index (κ1) is 21.7. The molecule has 34 heavy (non-hydrogen) atoms. The smallest absolute Gasteiger partial charge is 0.250 e. The second-order valence-electron chi connectivity index (χ2n) is 7.38. The first-order chi connectivity index (χ1) is 16.7. The van der Waals surface area contributed by atoms with Crippen LogP contribution in [0.15, 0.2) is 71.9 Å². The summed E-state index contributed by atoms with van der Waals surface area (Å²) >= 11 is 1.55. The number of para-hydroxylation sites is 1. The molecule has 3 heterocycles. The number of amides is 1. The molecule has 0 saturated carbocycles. The fourth-order valence-electron chi connectivity index (χ4n) is 3.49. The number of thiophene rings is 1. The van der Waals surface area contributed by atoms with Gasteiger partial charge in [0.2, 0.25) is 12.6 Å². The second-order valence-corrected chi connectivity index (χ2v) is 8.16. The summed E-state index contributed by atoms with van der Waals surface area (Å²) in [6.45, 7) is 4.42. The topological polar surface area (TPSA) is 91.6 Å². The van der Waals surface area contributed by atoms with Gasteiger partial charge in [0.1, 0.15) is 18.9 Å². The van der Waals surface area contributed by atoms with Crippen molar-refractivity contribution in [2.45, 2.75) is 13.1 Å². The van der Waals surface area contributed by atoms with Gasteiger partial charge in [-0.1, -0.05) is 30.9 Å². The third-order valence-electron chi connectivity index (χ3n) is 5.14. The Bertz CT molecular complexity index is 1300. The van der Waals surface area contributed by atoms with Gasteiger partial charge < -0.3 is 19.1 Å². The zero-order valence-corrected chi connectivity index (χ0v) is 19.0. The van der Waals surface area contributed by atoms with Crippen LogP contribution in [-0.4, -0.2) is 39.5 Å². The number of hydrogen-bond acceptors (Lipinski definition) is 8. The van der Waals surface area contributed by atoms with E-state index >= 15 is 0 Å². The van der Waals surface area contributed by atoms with E-state index in [1.165, 1.54) is 4.80 Å². The van der Waals surface area contributed by atoms with Crippen molar-refractivity contribution in [1.82, 2.24) is 20.2 Å². The number of anilines is 1. The summed E-state index contributed by atoms with van der Waals surface area (Å²) in [6, 6.07) is 14.9. The lowest BCUT2D eigenvalue weighted by molar-refractivity contribution is -0.119. The van der Waals surface area contributed by atoms with E-state index in [9.17, 15) is 4.79 Å². The van der Waals surface area contributed by atoms with E-state index < -0.39 is 0 Å². The predicted molar refractivity (Wildman–Crippen MR) is 127 cm³/mol. The molecule has 0 spiro atoms. The summed E-state index contributed by atoms with van der Waals surface area (Å²) in [5.74, 6) is 2.17. The highest BCUT2D eigenvalue weighted by Crippen LogP contribution is 2.36. The maximum Gasteiger partial charge on any atom is 0.250 e. The largest absolute Gasteiger partial charge is 0.489 e. The maximum atomic E-state index is 13.5. The van der Waals surface area contributed by atoms with Crippen LogP contribution < -0.4 is 19.1 Å². The Morgan fingerprint density at radius 1 is 1.21 bits per heavy atom. The highest BCUT2D eigenvalue weighted by atomic mass is 32.1. The molecular formula is C24H21N5O4S. The molecule has 0 aliphatic carbocycles. The van der Waals surface area contributed by atoms with Gasteiger partial charge in [-0.3, -0.25) is 4.79 Å². The summed E-state index contributed by atoms with van der Waals surface area (Å²) in [6.07, 6.45) is 1.68. The molecule has 0 atom stereocenters. The average molecular weight is 476 g/mol. The summed E-state index contributed by atoms with van der Waals surface area (Å²) in [7, 11) is 0. The van der Waals surface area contributed by atoms with E-state index in [1.54, 1.807) is 34.4 Å². The molecule has 0 saturated heterocycles. The average Bonchev–Trinajstić information content (AvgIpc) is 3.63. The number of hydrogen-bond donors (Lipinski definition) is 0. The standard InChI is InChI=1S/C24H21N5O4S/c1-2-10-31-20-6-4-3-5-17(20)13-28(19-7-8-21-22(12-19)33-16-32-21)23(30)14-29-26-24(25-27-29)18-9-11-34-15-18/h2-9,11-12,15H,1,10,13-14,16H2. The number of aromatic nitrogens is 4. The molecule has 0 unspecified atom stereocenters. The van der Waals surface area contributed by atoms with E-state index in [0.29, 0.717) is 35.4 Å². The van der Waals surface area contributed by atoms with Gasteiger partial charge in [0.05, 0.1) is 6.54 Å². The number of ether oxygens (including phenoxy) is 3. The van der Waals surface area contributed by atoms with Gasteiger partial charge in [-0.25, -0.2) is 0 Å². The molecule has 1 aliphatic heterocycles. The molecule has 0 fully saturated rings. The minimum Gasteiger partial charge on any atom is -0.489 e. The van der Waals surface area contributed by atoms with Crippen LogP contribution in [0.5, 0.6) is 17.2 Å². The molecular weight excluding hydrogens is 454 g/mol. The Hall–Kier alpha value is -4.18. The van der Waals surface area contributed by atoms with Gasteiger partial charge in [0.15, 0.2) is 11.5 Å². The Labute approximate surface area is 199 Å². The van der Waals surface area contributed by atoms with Crippen molar-refractivity contribution in [3.63, 3.8) is 0 Å². The Morgan fingerprint density at radius 2 is 2.09 bits per heavy atom. The van der Waals surface area contributed by atoms with Gasteiger partial charge in [-0.2, -0.15) is 16.1 Å². The molecule has 0 N–H and O–H groups in total. The SMILES string of the molecule is C=CCOc1ccccc1CN(C(=O)Cn1nnc(-c2ccsc2)n1)c1ccc2c(c1)OCO2. The summed E-state index contributed by atoms with van der Waals surface area (Å²) in [5.41, 5.74) is 2.37. The lowest BCUT2D eigenvalue weighted by atomic mass is 10.1. The van der Waals surface area contributed by atoms with Gasteiger partial charge in [0.25, 0.3) is 5.91 Å². The summed E-state index contributed by atoms with van der Waals surface area (Å²) < 4.78 is 16.7. The van der Waals surface area contributed by atoms with E-state index in [4.69, 9.17) is 14.2 Å². The molecule has 0 radical (unpaired) electrons. The number of carbonyl (C=O) groups excluding carboxylic acids is 1. The van der Waals surface area contributed by atoms with Crippen LogP contribution in [0, 0.1) is 0 Å². The van der Waals surface area contributed by atoms with Crippen molar-refractivity contribution >= 4 is 22.9 Å². The Balaban J connectivity index is 1.43. The van der Waals surface area contributed by atoms with Gasteiger partial charge >= 0.3 is 0 Å². The third kappa shape index (κ3) is 4.62. The maximum absolute atomic E-state index is 13.5. The summed E-state index contributed by atoms with van der Waals surface area (Å²) in [4.78, 5) is 16.5. The molecule has 2 aromatic heterocycles. The molecule has 9 nitrogen and oxygen atoms in total. The van der Waals surface area contributed by atoms with Crippen molar-refractivity contribution < 1.29 is 19.0 Å². The molecule has 10 heteroatoms. The van der Waals surface area contributed by atoms with Crippen molar-refractivity contribution in [2.75, 3.05) is 18.3 Å². The zero-order valence-electron chi connectivity index (χ0n) is 18.2. The van der Waals surface area contributed by atoms with Gasteiger partial charge in [-0.05, 0) is 34.9 Å². The minimum absolute atomic E-state index is 0.0821. The molecule has 0 bridgehead atoms. The Kier molecular flexibility index (Phi) is 6.21. The van der Waals surface area contributed by atoms with Crippen LogP contribution in [-0.2, 0) is 17.9 Å². The number of tetrazole rings is 1. The van der Waals surface area contributed by atoms with Crippen LogP contribution >= 0.6 is 11.3 Å². The first-order valence-corrected chi connectivity index (χ1v) is 11.5. The van der Waals surface area contributed by atoms with Crippen LogP contribution in [0.3, 0.4) is 0 Å². The van der Waals surface area contributed by atoms with Crippen LogP contribution in [0.2, 0.25) is 0 Å². The molecule has 1 amide bonds. The number of rotatable bonds is 9. The van der Waals surface area contributed by atoms with Crippen molar-refractivity contribution in [2.24, 2.45) is 0 Å². The fourth-order valence-corrected chi connectivity index (χ4v) is 4.13. The quantitative estimate of drug-likeness (QED) is 0.339. The van der Waals surface area contributed by atoms with Crippen molar-refractivity contribution in [3.8, 4) is 28.6 Å². The van der Waals surface area contributed by atoms with Gasteiger partial charge in [-0.15, -0.1) is 10.2 Å². The van der Waals surface area contributed by atoms with Crippen molar-refractivity contribution in [3.05, 3.63) is 77.5 Å². The molecule has 172 valence electrons. The Morgan fingerprint density at radius 3 is 2.94 bits per heavy atom. The van der Waals surface area contributed by atoms with Crippen molar-refractivity contribution in [1.29, 1.82) is 0 Å². The van der Waals surface area contributed by atoms with E-state index in [-0.39, 0.29) is 25.8 Å². The number of nitrogens with zero attached hydrogens (tertiary/aromatic N) is 5. The number of carbonyl (C=O) groups is 1. The normalized spacial score (nSPS) is 11.9. The fraction of sp³-hybridized carbons (Fsp3) is 0.167. The van der Waals surface area contributed by atoms with Crippen LogP contribution in [0.25, 0.3) is 11.4 Å². The molecule has 2 aromatic carbocycles. The lowest BCUT2D eigenvalue weighted by Gasteiger charge is -2.24. The van der Waals surface area contributed by atoms with Crippen LogP contribution in [0.4, 0.5) is 5.69 Å². The molecule has 1 aliphatic rings. The predicted octanol–water partition coefficient (Wildman–Crippen LogP) is 3.93. The zero-order chi connectivity index (χ0) is 23.3. The lowest BCUT2D eigenvalue weighted by Crippen LogP contribution is -2.34. The monoisotopic (exact) mass is 475 g/mol. The van der Waals surface area contributed by atoms with E-state index in [0.717, 1.165) is 11.1 Å². The second kappa shape index (κ2) is 9.75. The van der Waals surface area contributed by atoms with E-state index in [2.05, 4.69) is 22.0 Å². The highest BCUT2D eigenvalue weighted by Gasteiger charge is 2.23. The van der Waals surface area contributed by atoms with E-state index in [1.807, 2.05) is 47.2 Å². The number of benzene rings is 2. The molecule has 5 rings (SSSR count). The van der Waals surface area contributed by atoms with Gasteiger partial charge in [0, 0.05) is 28.3 Å². The first-order valence-electron chi connectivity index (χ1n) is 10.5. The molecule has 4 aromatic rings.